The molecule has 1 aromatic rings. The number of nitrogens with two attached hydrogens (primary N) is 1. The van der Waals surface area contributed by atoms with Crippen molar-refractivity contribution in [3.05, 3.63) is 34.9 Å². The fourth-order valence-corrected chi connectivity index (χ4v) is 5.96. The first-order valence-corrected chi connectivity index (χ1v) is 11.1. The number of rotatable bonds is 8. The van der Waals surface area contributed by atoms with Gasteiger partial charge in [-0.1, -0.05) is 0 Å². The molecule has 0 spiro atoms. The van der Waals surface area contributed by atoms with E-state index in [2.05, 4.69) is 18.3 Å². The van der Waals surface area contributed by atoms with Crippen molar-refractivity contribution < 1.29 is 14.3 Å². The molecule has 0 saturated heterocycles. The topological polar surface area (TPSA) is 73.6 Å². The minimum Gasteiger partial charge on any atom is -0.496 e. The van der Waals surface area contributed by atoms with Crippen LogP contribution < -0.4 is 15.8 Å². The summed E-state index contributed by atoms with van der Waals surface area (Å²) in [6.07, 6.45) is 7.52. The highest BCUT2D eigenvalue weighted by Gasteiger charge is 2.46. The number of nitrogens with one attached hydrogen (secondary N) is 1. The lowest BCUT2D eigenvalue weighted by Crippen LogP contribution is -2.40. The molecule has 0 unspecified atom stereocenters. The van der Waals surface area contributed by atoms with E-state index in [-0.39, 0.29) is 12.5 Å². The predicted molar refractivity (Wildman–Crippen MR) is 114 cm³/mol. The molecule has 5 rings (SSSR count). The highest BCUT2D eigenvalue weighted by Crippen LogP contribution is 2.58. The van der Waals surface area contributed by atoms with Gasteiger partial charge in [-0.05, 0) is 105 Å². The Kier molecular flexibility index (Phi) is 6.14. The number of amides is 1. The first-order valence-electron chi connectivity index (χ1n) is 11.1. The molecule has 0 aliphatic heterocycles. The maximum atomic E-state index is 12.0. The average molecular weight is 399 g/mol. The Balaban J connectivity index is 1.52. The smallest absolute Gasteiger partial charge is 0.257 e. The summed E-state index contributed by atoms with van der Waals surface area (Å²) in [4.78, 5) is 12.0. The van der Waals surface area contributed by atoms with Gasteiger partial charge in [0.1, 0.15) is 11.5 Å². The van der Waals surface area contributed by atoms with Crippen molar-refractivity contribution >= 4 is 11.7 Å². The number of carbonyl (C=O) groups excluding carboxylic acids is 1. The molecular formula is C24H34N2O3. The van der Waals surface area contributed by atoms with Crippen LogP contribution in [0.25, 0.3) is 5.76 Å². The molecule has 4 aliphatic carbocycles. The zero-order valence-electron chi connectivity index (χ0n) is 17.7. The number of hydrogen-bond acceptors (Lipinski definition) is 4. The fraction of sp³-hybridized carbons (Fsp3) is 0.625. The normalized spacial score (nSPS) is 27.1. The van der Waals surface area contributed by atoms with E-state index >= 15 is 0 Å². The van der Waals surface area contributed by atoms with Gasteiger partial charge in [0.25, 0.3) is 5.91 Å². The van der Waals surface area contributed by atoms with Gasteiger partial charge in [-0.2, -0.15) is 0 Å². The molecule has 4 saturated carbocycles. The van der Waals surface area contributed by atoms with Crippen LogP contribution in [0.2, 0.25) is 0 Å². The van der Waals surface area contributed by atoms with Crippen LogP contribution in [0.1, 0.15) is 49.7 Å². The second-order valence-electron chi connectivity index (χ2n) is 9.11. The van der Waals surface area contributed by atoms with Crippen LogP contribution in [-0.2, 0) is 9.53 Å². The third-order valence-corrected chi connectivity index (χ3v) is 6.87. The summed E-state index contributed by atoms with van der Waals surface area (Å²) in [5, 5.41) is 2.83. The van der Waals surface area contributed by atoms with Gasteiger partial charge < -0.3 is 20.5 Å². The second-order valence-corrected chi connectivity index (χ2v) is 9.11. The minimum atomic E-state index is -0.118. The number of ether oxygens (including phenoxy) is 2. The van der Waals surface area contributed by atoms with Crippen LogP contribution in [-0.4, -0.2) is 32.7 Å². The average Bonchev–Trinajstić information content (AvgIpc) is 2.68. The maximum Gasteiger partial charge on any atom is 0.257 e. The Bertz CT molecular complexity index is 756. The summed E-state index contributed by atoms with van der Waals surface area (Å²) in [5.74, 6) is 4.85. The molecule has 29 heavy (non-hydrogen) atoms. The van der Waals surface area contributed by atoms with Gasteiger partial charge in [0.2, 0.25) is 0 Å². The lowest BCUT2D eigenvalue weighted by molar-refractivity contribution is -0.123. The molecular weight excluding hydrogens is 364 g/mol. The van der Waals surface area contributed by atoms with E-state index in [1.165, 1.54) is 37.7 Å². The third-order valence-electron chi connectivity index (χ3n) is 6.87. The maximum absolute atomic E-state index is 12.0. The lowest BCUT2D eigenvalue weighted by atomic mass is 9.54. The summed E-state index contributed by atoms with van der Waals surface area (Å²) in [6, 6.07) is 6.17. The largest absolute Gasteiger partial charge is 0.496 e. The fourth-order valence-electron chi connectivity index (χ4n) is 5.96. The molecule has 3 N–H and O–H groups in total. The van der Waals surface area contributed by atoms with Gasteiger partial charge in [0, 0.05) is 12.1 Å². The second kappa shape index (κ2) is 8.78. The van der Waals surface area contributed by atoms with Crippen LogP contribution in [0.15, 0.2) is 23.8 Å². The number of methoxy groups -OCH3 is 1. The monoisotopic (exact) mass is 398 g/mol. The van der Waals surface area contributed by atoms with Crippen molar-refractivity contribution in [2.45, 2.75) is 45.4 Å². The lowest BCUT2D eigenvalue weighted by Gasteiger charge is -2.51. The van der Waals surface area contributed by atoms with Crippen LogP contribution in [0, 0.1) is 30.6 Å². The van der Waals surface area contributed by atoms with E-state index in [0.717, 1.165) is 35.1 Å². The number of benzene rings is 1. The third kappa shape index (κ3) is 4.45. The molecule has 1 aromatic carbocycles. The minimum absolute atomic E-state index is 0.0148. The van der Waals surface area contributed by atoms with E-state index in [9.17, 15) is 4.79 Å². The van der Waals surface area contributed by atoms with Gasteiger partial charge in [0.15, 0.2) is 6.61 Å². The molecule has 0 aromatic heterocycles. The van der Waals surface area contributed by atoms with Gasteiger partial charge in [-0.25, -0.2) is 0 Å². The van der Waals surface area contributed by atoms with Gasteiger partial charge in [-0.3, -0.25) is 4.79 Å². The number of allylic oxidation sites excluding steroid dienone is 1. The molecule has 5 nitrogen and oxygen atoms in total. The van der Waals surface area contributed by atoms with E-state index in [4.69, 9.17) is 15.2 Å². The van der Waals surface area contributed by atoms with Crippen molar-refractivity contribution in [3.63, 3.8) is 0 Å². The quantitative estimate of drug-likeness (QED) is 0.518. The van der Waals surface area contributed by atoms with Crippen molar-refractivity contribution in [1.82, 2.24) is 5.32 Å². The summed E-state index contributed by atoms with van der Waals surface area (Å²) in [7, 11) is 1.79. The van der Waals surface area contributed by atoms with Crippen molar-refractivity contribution in [1.29, 1.82) is 0 Å². The Morgan fingerprint density at radius 2 is 1.79 bits per heavy atom. The number of carbonyl (C=O) groups is 1. The predicted octanol–water partition coefficient (Wildman–Crippen LogP) is 3.65. The molecule has 4 fully saturated rings. The molecule has 5 heteroatoms. The van der Waals surface area contributed by atoms with Crippen LogP contribution in [0.3, 0.4) is 0 Å². The Morgan fingerprint density at radius 1 is 1.10 bits per heavy atom. The molecule has 1 amide bonds. The molecule has 4 bridgehead atoms. The Labute approximate surface area is 174 Å². The molecule has 4 aliphatic rings. The van der Waals surface area contributed by atoms with E-state index in [0.29, 0.717) is 30.7 Å². The summed E-state index contributed by atoms with van der Waals surface area (Å²) >= 11 is 0. The summed E-state index contributed by atoms with van der Waals surface area (Å²) in [6.45, 7) is 3.23. The standard InChI is InChI=1S/C24H34N2O3/c1-15-6-20(13-21(7-15)29-14-22(27)26-5-3-4-25)24(28-2)23-18-9-16-8-17(11-18)12-19(23)10-16/h6-7,13,16-19H,3-5,8-12,14,25H2,1-2H3,(H,26,27). The molecule has 0 heterocycles. The van der Waals surface area contributed by atoms with E-state index in [1.807, 2.05) is 12.1 Å². The molecule has 0 atom stereocenters. The zero-order chi connectivity index (χ0) is 20.4. The zero-order valence-corrected chi connectivity index (χ0v) is 17.7. The van der Waals surface area contributed by atoms with Gasteiger partial charge >= 0.3 is 0 Å². The molecule has 158 valence electrons. The molecule has 0 radical (unpaired) electrons. The van der Waals surface area contributed by atoms with Crippen molar-refractivity contribution in [2.75, 3.05) is 26.8 Å². The highest BCUT2D eigenvalue weighted by molar-refractivity contribution is 5.77. The van der Waals surface area contributed by atoms with Crippen molar-refractivity contribution in [3.8, 4) is 5.75 Å². The first-order chi connectivity index (χ1) is 14.1. The SMILES string of the molecule is COC(=C1C2CC3CC(C2)CC1C3)c1cc(C)cc(OCC(=O)NCCCN)c1. The Morgan fingerprint density at radius 3 is 2.41 bits per heavy atom. The van der Waals surface area contributed by atoms with Crippen molar-refractivity contribution in [2.24, 2.45) is 29.4 Å². The summed E-state index contributed by atoms with van der Waals surface area (Å²) in [5.41, 5.74) is 9.19. The van der Waals surface area contributed by atoms with Crippen LogP contribution >= 0.6 is 0 Å². The number of hydrogen-bond donors (Lipinski definition) is 2. The van der Waals surface area contributed by atoms with Gasteiger partial charge in [-0.15, -0.1) is 0 Å². The van der Waals surface area contributed by atoms with E-state index in [1.54, 1.807) is 7.11 Å². The van der Waals surface area contributed by atoms with Gasteiger partial charge in [0.05, 0.1) is 7.11 Å². The summed E-state index contributed by atoms with van der Waals surface area (Å²) < 4.78 is 11.8. The first kappa shape index (κ1) is 20.3. The van der Waals surface area contributed by atoms with Crippen LogP contribution in [0.5, 0.6) is 5.75 Å². The number of aryl methyl sites for hydroxylation is 1. The van der Waals surface area contributed by atoms with Crippen LogP contribution in [0.4, 0.5) is 0 Å². The highest BCUT2D eigenvalue weighted by atomic mass is 16.5. The Hall–Kier alpha value is -2.01. The van der Waals surface area contributed by atoms with E-state index < -0.39 is 0 Å².